The lowest BCUT2D eigenvalue weighted by Gasteiger charge is -2.07. The Bertz CT molecular complexity index is 741. The van der Waals surface area contributed by atoms with Gasteiger partial charge in [0, 0.05) is 5.69 Å². The number of amidine groups is 1. The first-order valence-electron chi connectivity index (χ1n) is 5.88. The molecule has 0 saturated carbocycles. The van der Waals surface area contributed by atoms with Crippen LogP contribution in [0.25, 0.3) is 0 Å². The number of hydrogen-bond donors (Lipinski definition) is 4. The van der Waals surface area contributed by atoms with Gasteiger partial charge in [-0.25, -0.2) is 14.5 Å². The Morgan fingerprint density at radius 1 is 1.48 bits per heavy atom. The monoisotopic (exact) mass is 405 g/mol. The topological polar surface area (TPSA) is 133 Å². The van der Waals surface area contributed by atoms with Crippen LogP contribution in [0.15, 0.2) is 37.5 Å². The third-order valence-corrected chi connectivity index (χ3v) is 3.99. The smallest absolute Gasteiger partial charge is 0.253 e. The second-order valence-corrected chi connectivity index (χ2v) is 5.76. The van der Waals surface area contributed by atoms with Gasteiger partial charge in [-0.2, -0.15) is 0 Å². The largest absolute Gasteiger partial charge is 0.409 e. The van der Waals surface area contributed by atoms with Gasteiger partial charge in [0.15, 0.2) is 10.7 Å². The summed E-state index contributed by atoms with van der Waals surface area (Å²) in [6.07, 6.45) is 0. The highest BCUT2D eigenvalue weighted by molar-refractivity contribution is 9.10. The van der Waals surface area contributed by atoms with Gasteiger partial charge < -0.3 is 10.5 Å². The summed E-state index contributed by atoms with van der Waals surface area (Å²) >= 11 is 3.94. The number of nitrogens with one attached hydrogen (secondary N) is 2. The van der Waals surface area contributed by atoms with Crippen molar-refractivity contribution in [1.82, 2.24) is 15.8 Å². The summed E-state index contributed by atoms with van der Waals surface area (Å²) < 4.78 is 18.0. The van der Waals surface area contributed by atoms with Gasteiger partial charge in [-0.15, -0.1) is 0 Å². The Balaban J connectivity index is 2.17. The number of carbonyl (C=O) groups is 1. The number of benzene rings is 1. The summed E-state index contributed by atoms with van der Waals surface area (Å²) in [7, 11) is 0. The molecule has 9 nitrogen and oxygen atoms in total. The van der Waals surface area contributed by atoms with Gasteiger partial charge in [0.25, 0.3) is 5.91 Å². The predicted octanol–water partition coefficient (Wildman–Crippen LogP) is 1.82. The van der Waals surface area contributed by atoms with Crippen molar-refractivity contribution in [2.75, 3.05) is 11.1 Å². The van der Waals surface area contributed by atoms with Crippen molar-refractivity contribution in [2.24, 2.45) is 5.16 Å². The first kappa shape index (κ1) is 17.2. The molecule has 0 radical (unpaired) electrons. The van der Waals surface area contributed by atoms with E-state index in [1.54, 1.807) is 0 Å². The normalized spacial score (nSPS) is 11.3. The molecule has 0 aliphatic carbocycles. The summed E-state index contributed by atoms with van der Waals surface area (Å²) in [6.45, 7) is 0. The summed E-state index contributed by atoms with van der Waals surface area (Å²) in [4.78, 5) is 11.0. The van der Waals surface area contributed by atoms with Crippen LogP contribution in [0.5, 0.6) is 0 Å². The van der Waals surface area contributed by atoms with Crippen molar-refractivity contribution in [3.63, 3.8) is 0 Å². The second kappa shape index (κ2) is 7.89. The lowest BCUT2D eigenvalue weighted by molar-refractivity contribution is -0.126. The van der Waals surface area contributed by atoms with Crippen LogP contribution in [0.2, 0.25) is 0 Å². The summed E-state index contributed by atoms with van der Waals surface area (Å²) in [5.41, 5.74) is 1.93. The molecule has 0 aliphatic heterocycles. The Hall–Kier alpha value is -2.18. The van der Waals surface area contributed by atoms with Gasteiger partial charge in [-0.05, 0) is 44.4 Å². The van der Waals surface area contributed by atoms with Crippen LogP contribution < -0.4 is 10.8 Å². The van der Waals surface area contributed by atoms with E-state index in [4.69, 9.17) is 10.4 Å². The van der Waals surface area contributed by atoms with Crippen molar-refractivity contribution in [3.05, 3.63) is 34.2 Å². The molecule has 2 rings (SSSR count). The van der Waals surface area contributed by atoms with Crippen LogP contribution in [0.3, 0.4) is 0 Å². The first-order valence-corrected chi connectivity index (χ1v) is 7.65. The molecule has 1 aromatic carbocycles. The van der Waals surface area contributed by atoms with E-state index < -0.39 is 11.7 Å². The number of thioether (sulfide) groups is 1. The van der Waals surface area contributed by atoms with Gasteiger partial charge in [-0.1, -0.05) is 16.9 Å². The maximum atomic E-state index is 13.2. The zero-order chi connectivity index (χ0) is 16.8. The molecular formula is C11H9BrFN5O4S. The molecular weight excluding hydrogens is 397 g/mol. The zero-order valence-corrected chi connectivity index (χ0v) is 13.6. The van der Waals surface area contributed by atoms with Crippen molar-refractivity contribution >= 4 is 45.1 Å². The molecule has 0 unspecified atom stereocenters. The van der Waals surface area contributed by atoms with Crippen molar-refractivity contribution in [2.45, 2.75) is 5.03 Å². The van der Waals surface area contributed by atoms with E-state index in [0.29, 0.717) is 5.69 Å². The molecule has 0 atom stereocenters. The standard InChI is InChI=1S/C11H9BrFN5O4S/c12-6-3-5(1-2-7(6)13)14-10(16-21)9-11(18-22-17-9)23-4-8(19)15-20/h1-3,20-21H,4H2,(H,14,16)(H,15,19). The van der Waals surface area contributed by atoms with Crippen molar-refractivity contribution in [3.8, 4) is 0 Å². The molecule has 2 aromatic rings. The number of halogens is 2. The number of rotatable bonds is 5. The minimum Gasteiger partial charge on any atom is -0.409 e. The molecule has 23 heavy (non-hydrogen) atoms. The van der Waals surface area contributed by atoms with E-state index in [-0.39, 0.29) is 26.8 Å². The first-order chi connectivity index (χ1) is 11.0. The Labute approximate surface area is 141 Å². The Morgan fingerprint density at radius 3 is 2.91 bits per heavy atom. The maximum Gasteiger partial charge on any atom is 0.253 e. The van der Waals surface area contributed by atoms with E-state index in [1.807, 2.05) is 0 Å². The van der Waals surface area contributed by atoms with Gasteiger partial charge in [-0.3, -0.25) is 10.0 Å². The highest BCUT2D eigenvalue weighted by Gasteiger charge is 2.19. The minimum atomic E-state index is -0.651. The quantitative estimate of drug-likeness (QED) is 0.148. The second-order valence-electron chi connectivity index (χ2n) is 3.94. The van der Waals surface area contributed by atoms with Crippen LogP contribution in [-0.2, 0) is 4.79 Å². The number of amides is 1. The van der Waals surface area contributed by atoms with Crippen LogP contribution in [0, 0.1) is 5.82 Å². The van der Waals surface area contributed by atoms with E-state index in [2.05, 4.69) is 41.3 Å². The van der Waals surface area contributed by atoms with Crippen molar-refractivity contribution in [1.29, 1.82) is 0 Å². The molecule has 0 bridgehead atoms. The van der Waals surface area contributed by atoms with Crippen molar-refractivity contribution < 1.29 is 24.2 Å². The fraction of sp³-hybridized carbons (Fsp3) is 0.0909. The molecule has 0 saturated heterocycles. The lowest BCUT2D eigenvalue weighted by Crippen LogP contribution is -2.21. The number of oxime groups is 1. The van der Waals surface area contributed by atoms with Crippen LogP contribution in [-0.4, -0.2) is 38.2 Å². The molecule has 12 heteroatoms. The third kappa shape index (κ3) is 4.40. The number of anilines is 1. The number of hydrogen-bond acceptors (Lipinski definition) is 8. The van der Waals surface area contributed by atoms with E-state index >= 15 is 0 Å². The average molecular weight is 406 g/mol. The fourth-order valence-corrected chi connectivity index (χ4v) is 2.50. The number of hydroxylamine groups is 1. The number of carbonyl (C=O) groups excluding carboxylic acids is 1. The maximum absolute atomic E-state index is 13.2. The molecule has 0 spiro atoms. The fourth-order valence-electron chi connectivity index (χ4n) is 1.43. The van der Waals surface area contributed by atoms with Crippen LogP contribution in [0.1, 0.15) is 5.69 Å². The third-order valence-electron chi connectivity index (χ3n) is 2.43. The number of nitrogens with zero attached hydrogens (tertiary/aromatic N) is 3. The summed E-state index contributed by atoms with van der Waals surface area (Å²) in [5.74, 6) is -1.37. The molecule has 1 amide bonds. The van der Waals surface area contributed by atoms with Gasteiger partial charge in [0.2, 0.25) is 5.84 Å². The van der Waals surface area contributed by atoms with E-state index in [1.165, 1.54) is 23.7 Å². The Kier molecular flexibility index (Phi) is 5.90. The highest BCUT2D eigenvalue weighted by atomic mass is 79.9. The molecule has 1 aromatic heterocycles. The lowest BCUT2D eigenvalue weighted by atomic mass is 10.3. The minimum absolute atomic E-state index is 0.0451. The molecule has 4 N–H and O–H groups in total. The Morgan fingerprint density at radius 2 is 2.26 bits per heavy atom. The SMILES string of the molecule is O=C(CSc1nonc1/C(=N/O)Nc1ccc(F)c(Br)c1)NO. The molecule has 122 valence electrons. The predicted molar refractivity (Wildman–Crippen MR) is 81.0 cm³/mol. The van der Waals surface area contributed by atoms with Gasteiger partial charge in [0.1, 0.15) is 5.82 Å². The van der Waals surface area contributed by atoms with Gasteiger partial charge >= 0.3 is 0 Å². The van der Waals surface area contributed by atoms with E-state index in [0.717, 1.165) is 11.8 Å². The molecule has 0 aliphatic rings. The van der Waals surface area contributed by atoms with Crippen LogP contribution >= 0.6 is 27.7 Å². The zero-order valence-electron chi connectivity index (χ0n) is 11.2. The molecule has 0 fully saturated rings. The molecule has 1 heterocycles. The number of aromatic nitrogens is 2. The van der Waals surface area contributed by atoms with E-state index in [9.17, 15) is 9.18 Å². The summed E-state index contributed by atoms with van der Waals surface area (Å²) in [5, 5.41) is 30.7. The average Bonchev–Trinajstić information content (AvgIpc) is 3.01. The van der Waals surface area contributed by atoms with Gasteiger partial charge in [0.05, 0.1) is 10.2 Å². The van der Waals surface area contributed by atoms with Crippen LogP contribution in [0.4, 0.5) is 10.1 Å². The summed E-state index contributed by atoms with van der Waals surface area (Å²) in [6, 6.07) is 4.06. The highest BCUT2D eigenvalue weighted by Crippen LogP contribution is 2.23.